The van der Waals surface area contributed by atoms with Gasteiger partial charge >= 0.3 is 0 Å². The third-order valence-electron chi connectivity index (χ3n) is 31.5. The summed E-state index contributed by atoms with van der Waals surface area (Å²) in [5.74, 6) is 0. The summed E-state index contributed by atoms with van der Waals surface area (Å²) in [6.45, 7) is 18.2. The van der Waals surface area contributed by atoms with E-state index in [4.69, 9.17) is 17.7 Å². The molecule has 4 heterocycles. The van der Waals surface area contributed by atoms with Crippen molar-refractivity contribution >= 4 is 156 Å². The van der Waals surface area contributed by atoms with Gasteiger partial charge in [-0.3, -0.25) is 0 Å². The van der Waals surface area contributed by atoms with Crippen molar-refractivity contribution in [2.45, 2.75) is 89.9 Å². The monoisotopic (exact) mass is 1830 g/mol. The second kappa shape index (κ2) is 31.2. The number of anilines is 12. The topological polar surface area (TPSA) is 65.5 Å². The fraction of sp³-hybridized carbons (Fsp3) is 0.104. The van der Waals surface area contributed by atoms with Gasteiger partial charge in [0.1, 0.15) is 33.5 Å². The van der Waals surface area contributed by atoms with Crippen molar-refractivity contribution < 1.29 is 17.7 Å². The number of rotatable bonds is 16. The van der Waals surface area contributed by atoms with Crippen LogP contribution in [0.2, 0.25) is 0 Å². The minimum atomic E-state index is -0.873. The minimum absolute atomic E-state index is 0.0529. The van der Waals surface area contributed by atoms with Crippen LogP contribution in [0.5, 0.6) is 0 Å². The molecule has 0 aliphatic heterocycles. The van der Waals surface area contributed by atoms with Gasteiger partial charge in [-0.05, 0) is 273 Å². The normalized spacial score (nSPS) is 13.4. The molecule has 0 bridgehead atoms. The maximum Gasteiger partial charge on any atom is 0.160 e. The number of aryl methyl sites for hydroxylation is 4. The van der Waals surface area contributed by atoms with Gasteiger partial charge in [0.25, 0.3) is 0 Å². The van der Waals surface area contributed by atoms with E-state index in [9.17, 15) is 0 Å². The Kier molecular flexibility index (Phi) is 18.2. The summed E-state index contributed by atoms with van der Waals surface area (Å²) in [7, 11) is 0. The van der Waals surface area contributed by atoms with Gasteiger partial charge in [-0.2, -0.15) is 0 Å². The van der Waals surface area contributed by atoms with Crippen LogP contribution in [-0.4, -0.2) is 0 Å². The summed E-state index contributed by atoms with van der Waals surface area (Å²) in [5.41, 5.74) is 42.7. The Morgan fingerprint density at radius 1 is 0.225 bits per heavy atom. The molecular formula is C134H98N4O4. The van der Waals surface area contributed by atoms with Gasteiger partial charge in [0.05, 0.1) is 44.4 Å². The highest BCUT2D eigenvalue weighted by Crippen LogP contribution is 2.71. The lowest BCUT2D eigenvalue weighted by Crippen LogP contribution is -2.26. The third kappa shape index (κ3) is 12.1. The molecule has 8 nitrogen and oxygen atoms in total. The van der Waals surface area contributed by atoms with Gasteiger partial charge in [-0.25, -0.2) is 0 Å². The van der Waals surface area contributed by atoms with Crippen LogP contribution in [0.15, 0.2) is 442 Å². The molecule has 0 saturated carbocycles. The van der Waals surface area contributed by atoms with Crippen molar-refractivity contribution in [2.24, 2.45) is 0 Å². The van der Waals surface area contributed by atoms with Gasteiger partial charge in [-0.15, -0.1) is 0 Å². The van der Waals surface area contributed by atoms with Gasteiger partial charge in [0, 0.05) is 100 Å². The number of hydrogen-bond donors (Lipinski definition) is 0. The molecule has 0 amide bonds. The highest BCUT2D eigenvalue weighted by molar-refractivity contribution is 6.29. The predicted octanol–water partition coefficient (Wildman–Crippen LogP) is 37.0. The molecule has 4 aromatic heterocycles. The standard InChI is InChI=1S/C134H98N4O4/c1-81-51-63-89(64-52-81)136(112-78-110-126(130-120(112)100-40-20-28-48-116(100)142-130)124-108(134(110)105-45-25-17-37-97(105)98-38-18-26-46-106(98)134)80-114(128-122(124)102-42-22-30-50-118(102)140-128)138(90-65-53-82(2)54-66-90)91-67-55-83(3)56-68-91)92-69-57-84(58-70-92)75-76-132(7,8)86-61-73-94(74-62-86)137(88-33-13-10-14-34-88)113-79-107-123(121-101-41-21-29-49-117(101)139-127(113)121)125-109(133(107)103-43-23-15-35-95(103)96-36-16-24-44-104(96)133)77-111(119-99-39-19-27-47-115(99)141-129(119)125)135(87-31-11-9-12-32-87)93-71-59-85(60-72-93)131(4,5)6/h9-74,77-80H,75-76H2,1-8H3. The maximum atomic E-state index is 7.73. The van der Waals surface area contributed by atoms with Crippen molar-refractivity contribution in [1.82, 2.24) is 0 Å². The summed E-state index contributed by atoms with van der Waals surface area (Å²) in [6, 6.07) is 158. The minimum Gasteiger partial charge on any atom is -0.455 e. The van der Waals surface area contributed by atoms with Crippen LogP contribution in [0.4, 0.5) is 68.2 Å². The summed E-state index contributed by atoms with van der Waals surface area (Å²) in [4.78, 5) is 9.83. The number of fused-ring (bicyclic) bond motifs is 36. The Hall–Kier alpha value is -17.2. The average molecular weight is 1830 g/mol. The predicted molar refractivity (Wildman–Crippen MR) is 588 cm³/mol. The number of furan rings is 4. The van der Waals surface area contributed by atoms with Crippen LogP contribution < -0.4 is 19.6 Å². The Balaban J connectivity index is 0.580. The Bertz CT molecular complexity index is 9180. The molecule has 20 aromatic carbocycles. The van der Waals surface area contributed by atoms with Crippen LogP contribution >= 0.6 is 0 Å². The first kappa shape index (κ1) is 83.0. The molecule has 0 atom stereocenters. The zero-order valence-electron chi connectivity index (χ0n) is 80.3. The fourth-order valence-electron chi connectivity index (χ4n) is 24.9. The lowest BCUT2D eigenvalue weighted by Gasteiger charge is -2.33. The van der Waals surface area contributed by atoms with Gasteiger partial charge in [0.2, 0.25) is 0 Å². The van der Waals surface area contributed by atoms with E-state index in [0.29, 0.717) is 0 Å². The van der Waals surface area contributed by atoms with Crippen molar-refractivity contribution in [2.75, 3.05) is 19.6 Å². The van der Waals surface area contributed by atoms with E-state index in [-0.39, 0.29) is 10.8 Å². The molecule has 0 N–H and O–H groups in total. The average Bonchev–Trinajstić information content (AvgIpc) is 1.49. The van der Waals surface area contributed by atoms with Gasteiger partial charge in [-0.1, -0.05) is 330 Å². The Labute approximate surface area is 824 Å². The SMILES string of the molecule is Cc1ccc(N(c2ccc(C)cc2)c2cc3c(c4c2oc2ccccc24)-c2c(cc(N(c4ccc(C)cc4)c4ccc(CCC(C)(C)c5ccc(N(c6ccccc6)c6cc7c(c8c6oc6ccccc68)-c6c(cc(N(c8ccccc8)c8ccc(C(C)(C)C)cc8)c8c6oc6ccccc68)C76c7ccccc7-c7ccccc76)cc5)cc4)c4c2oc2ccccc24)C32c3ccccc3-c3ccccc32)cc1. The molecule has 0 unspecified atom stereocenters. The maximum absolute atomic E-state index is 7.73. The molecular weight excluding hydrogens is 1730 g/mol. The highest BCUT2D eigenvalue weighted by atomic mass is 16.3. The molecule has 678 valence electrons. The lowest BCUT2D eigenvalue weighted by atomic mass is 9.70. The molecule has 0 radical (unpaired) electrons. The van der Waals surface area contributed by atoms with Crippen molar-refractivity contribution in [3.8, 4) is 44.5 Å². The van der Waals surface area contributed by atoms with Crippen LogP contribution in [0.1, 0.15) is 119 Å². The first-order chi connectivity index (χ1) is 69.5. The second-order valence-electron chi connectivity index (χ2n) is 41.1. The summed E-state index contributed by atoms with van der Waals surface area (Å²) < 4.78 is 30.5. The van der Waals surface area contributed by atoms with Crippen LogP contribution in [0.25, 0.3) is 132 Å². The molecule has 4 aliphatic rings. The molecule has 28 rings (SSSR count). The number of nitrogens with zero attached hydrogens (tertiary/aromatic N) is 4. The number of benzene rings is 20. The van der Waals surface area contributed by atoms with E-state index in [1.54, 1.807) is 0 Å². The number of hydrogen-bond acceptors (Lipinski definition) is 8. The number of para-hydroxylation sites is 6. The quantitative estimate of drug-likeness (QED) is 0.0948. The molecule has 0 saturated heterocycles. The van der Waals surface area contributed by atoms with E-state index in [1.165, 1.54) is 83.5 Å². The second-order valence-corrected chi connectivity index (χ2v) is 41.1. The zero-order valence-corrected chi connectivity index (χ0v) is 80.3. The van der Waals surface area contributed by atoms with E-state index in [0.717, 1.165) is 208 Å². The van der Waals surface area contributed by atoms with Crippen molar-refractivity contribution in [1.29, 1.82) is 0 Å². The Morgan fingerprint density at radius 2 is 0.486 bits per heavy atom. The van der Waals surface area contributed by atoms with E-state index < -0.39 is 10.8 Å². The largest absolute Gasteiger partial charge is 0.455 e. The molecule has 0 fully saturated rings. The molecule has 4 aliphatic carbocycles. The molecule has 8 heteroatoms. The van der Waals surface area contributed by atoms with Gasteiger partial charge < -0.3 is 37.3 Å². The van der Waals surface area contributed by atoms with Crippen LogP contribution in [0, 0.1) is 20.8 Å². The van der Waals surface area contributed by atoms with E-state index in [2.05, 4.69) is 500 Å². The van der Waals surface area contributed by atoms with Crippen molar-refractivity contribution in [3.63, 3.8) is 0 Å². The third-order valence-corrected chi connectivity index (χ3v) is 31.5. The first-order valence-electron chi connectivity index (χ1n) is 49.7. The molecule has 2 spiro atoms. The summed E-state index contributed by atoms with van der Waals surface area (Å²) >= 11 is 0. The van der Waals surface area contributed by atoms with Crippen LogP contribution in [0.3, 0.4) is 0 Å². The van der Waals surface area contributed by atoms with E-state index in [1.807, 2.05) is 0 Å². The zero-order chi connectivity index (χ0) is 94.9. The van der Waals surface area contributed by atoms with E-state index >= 15 is 0 Å². The van der Waals surface area contributed by atoms with Crippen molar-refractivity contribution in [3.05, 3.63) is 503 Å². The Morgan fingerprint density at radius 3 is 0.831 bits per heavy atom. The summed E-state index contributed by atoms with van der Waals surface area (Å²) in [6.07, 6.45) is 1.72. The highest BCUT2D eigenvalue weighted by Gasteiger charge is 2.57. The smallest absolute Gasteiger partial charge is 0.160 e. The lowest BCUT2D eigenvalue weighted by molar-refractivity contribution is 0.480. The molecule has 24 aromatic rings. The van der Waals surface area contributed by atoms with Gasteiger partial charge in [0.15, 0.2) is 11.2 Å². The fourth-order valence-corrected chi connectivity index (χ4v) is 24.9. The summed E-state index contributed by atoms with van der Waals surface area (Å²) in [5, 5.41) is 8.33. The molecule has 142 heavy (non-hydrogen) atoms. The van der Waals surface area contributed by atoms with Crippen LogP contribution in [-0.2, 0) is 28.1 Å². The first-order valence-corrected chi connectivity index (χ1v) is 49.7.